The zero-order chi connectivity index (χ0) is 14.5. The van der Waals surface area contributed by atoms with Gasteiger partial charge in [0.1, 0.15) is 18.0 Å². The summed E-state index contributed by atoms with van der Waals surface area (Å²) in [6, 6.07) is 3.84. The number of nitrogens with one attached hydrogen (secondary N) is 2. The molecule has 0 aliphatic rings. The monoisotopic (exact) mass is 275 g/mol. The highest BCUT2D eigenvalue weighted by atomic mass is 15.2. The van der Waals surface area contributed by atoms with Gasteiger partial charge in [0.05, 0.1) is 0 Å². The lowest BCUT2D eigenvalue weighted by molar-refractivity contribution is 0.416. The minimum Gasteiger partial charge on any atom is -0.358 e. The first-order chi connectivity index (χ1) is 9.54. The third kappa shape index (κ3) is 3.92. The molecule has 0 amide bonds. The number of hydrogen-bond donors (Lipinski definition) is 2. The number of H-pyrrole nitrogens is 1. The van der Waals surface area contributed by atoms with Gasteiger partial charge in [-0.15, -0.1) is 0 Å². The maximum atomic E-state index is 4.29. The van der Waals surface area contributed by atoms with E-state index in [1.807, 2.05) is 26.1 Å². The van der Waals surface area contributed by atoms with Crippen molar-refractivity contribution in [1.82, 2.24) is 25.1 Å². The largest absolute Gasteiger partial charge is 0.358 e. The summed E-state index contributed by atoms with van der Waals surface area (Å²) in [6.45, 7) is 3.84. The predicted molar refractivity (Wildman–Crippen MR) is 80.5 cm³/mol. The van der Waals surface area contributed by atoms with Crippen molar-refractivity contribution in [2.45, 2.75) is 6.92 Å². The molecule has 0 saturated heterocycles. The van der Waals surface area contributed by atoms with E-state index in [9.17, 15) is 0 Å². The third-order valence-electron chi connectivity index (χ3n) is 2.89. The summed E-state index contributed by atoms with van der Waals surface area (Å²) in [6.07, 6.45) is 1.56. The topological polar surface area (TPSA) is 73.0 Å². The Morgan fingerprint density at radius 3 is 2.55 bits per heavy atom. The van der Waals surface area contributed by atoms with Crippen molar-refractivity contribution in [2.24, 2.45) is 0 Å². The molecule has 0 fully saturated rings. The highest BCUT2D eigenvalue weighted by Gasteiger charge is 2.06. The van der Waals surface area contributed by atoms with E-state index in [1.165, 1.54) is 0 Å². The molecular weight excluding hydrogens is 254 g/mol. The number of likely N-dealkylation sites (N-methyl/N-ethyl adjacent to an activating group) is 2. The molecule has 2 N–H and O–H groups in total. The molecule has 2 heterocycles. The van der Waals surface area contributed by atoms with Crippen LogP contribution in [0.25, 0.3) is 0 Å². The van der Waals surface area contributed by atoms with Crippen molar-refractivity contribution >= 4 is 17.5 Å². The summed E-state index contributed by atoms with van der Waals surface area (Å²) in [4.78, 5) is 12.7. The van der Waals surface area contributed by atoms with Gasteiger partial charge >= 0.3 is 0 Å². The van der Waals surface area contributed by atoms with Crippen LogP contribution >= 0.6 is 0 Å². The molecule has 0 bridgehead atoms. The summed E-state index contributed by atoms with van der Waals surface area (Å²) in [7, 11) is 6.13. The summed E-state index contributed by atoms with van der Waals surface area (Å²) in [5.74, 6) is 2.37. The van der Waals surface area contributed by atoms with Crippen LogP contribution in [0.3, 0.4) is 0 Å². The predicted octanol–water partition coefficient (Wildman–Crippen LogP) is 1.25. The molecular formula is C13H21N7. The Balaban J connectivity index is 2.03. The highest BCUT2D eigenvalue weighted by molar-refractivity contribution is 5.56. The second kappa shape index (κ2) is 6.33. The van der Waals surface area contributed by atoms with Crippen LogP contribution in [-0.2, 0) is 0 Å². The zero-order valence-electron chi connectivity index (χ0n) is 12.4. The molecule has 108 valence electrons. The van der Waals surface area contributed by atoms with E-state index in [0.29, 0.717) is 0 Å². The van der Waals surface area contributed by atoms with Crippen molar-refractivity contribution in [3.05, 3.63) is 24.2 Å². The van der Waals surface area contributed by atoms with Gasteiger partial charge in [-0.25, -0.2) is 9.97 Å². The second-order valence-electron chi connectivity index (χ2n) is 5.05. The van der Waals surface area contributed by atoms with E-state index in [-0.39, 0.29) is 0 Å². The van der Waals surface area contributed by atoms with Crippen LogP contribution in [0, 0.1) is 6.92 Å². The molecule has 7 nitrogen and oxygen atoms in total. The number of nitrogens with zero attached hydrogens (tertiary/aromatic N) is 5. The van der Waals surface area contributed by atoms with Crippen molar-refractivity contribution in [3.63, 3.8) is 0 Å². The summed E-state index contributed by atoms with van der Waals surface area (Å²) in [5.41, 5.74) is 1.00. The molecule has 0 saturated carbocycles. The molecule has 2 aromatic rings. The molecule has 2 aromatic heterocycles. The van der Waals surface area contributed by atoms with E-state index in [2.05, 4.69) is 49.4 Å². The first-order valence-corrected chi connectivity index (χ1v) is 6.51. The first kappa shape index (κ1) is 14.3. The van der Waals surface area contributed by atoms with E-state index in [0.717, 1.165) is 36.2 Å². The van der Waals surface area contributed by atoms with E-state index < -0.39 is 0 Å². The Bertz CT molecular complexity index is 549. The van der Waals surface area contributed by atoms with Crippen LogP contribution in [-0.4, -0.2) is 59.3 Å². The number of rotatable bonds is 6. The quantitative estimate of drug-likeness (QED) is 0.826. The molecule has 0 unspecified atom stereocenters. The average molecular weight is 275 g/mol. The fourth-order valence-electron chi connectivity index (χ4n) is 1.70. The number of hydrogen-bond acceptors (Lipinski definition) is 6. The van der Waals surface area contributed by atoms with Crippen molar-refractivity contribution in [3.8, 4) is 0 Å². The SMILES string of the molecule is Cc1cc(Nc2cc(N(C)CCN(C)C)ncn2)n[nH]1. The van der Waals surface area contributed by atoms with Crippen LogP contribution in [0.2, 0.25) is 0 Å². The van der Waals surface area contributed by atoms with Crippen LogP contribution < -0.4 is 10.2 Å². The Kier molecular flexibility index (Phi) is 4.52. The van der Waals surface area contributed by atoms with E-state index in [1.54, 1.807) is 6.33 Å². The van der Waals surface area contributed by atoms with Gasteiger partial charge in [-0.3, -0.25) is 5.10 Å². The molecule has 0 aromatic carbocycles. The van der Waals surface area contributed by atoms with Crippen molar-refractivity contribution in [1.29, 1.82) is 0 Å². The Morgan fingerprint density at radius 1 is 1.10 bits per heavy atom. The highest BCUT2D eigenvalue weighted by Crippen LogP contribution is 2.16. The molecule has 0 aliphatic heterocycles. The number of aromatic amines is 1. The zero-order valence-corrected chi connectivity index (χ0v) is 12.4. The van der Waals surface area contributed by atoms with Crippen molar-refractivity contribution < 1.29 is 0 Å². The summed E-state index contributed by atoms with van der Waals surface area (Å²) in [5, 5.41) is 10.2. The van der Waals surface area contributed by atoms with Crippen LogP contribution in [0.15, 0.2) is 18.5 Å². The normalized spacial score (nSPS) is 10.8. The fraction of sp³-hybridized carbons (Fsp3) is 0.462. The Labute approximate surface area is 119 Å². The lowest BCUT2D eigenvalue weighted by Crippen LogP contribution is -2.29. The Hall–Kier alpha value is -2.15. The second-order valence-corrected chi connectivity index (χ2v) is 5.05. The minimum atomic E-state index is 0.734. The molecule has 7 heteroatoms. The smallest absolute Gasteiger partial charge is 0.153 e. The maximum Gasteiger partial charge on any atom is 0.153 e. The Morgan fingerprint density at radius 2 is 1.90 bits per heavy atom. The molecule has 2 rings (SSSR count). The first-order valence-electron chi connectivity index (χ1n) is 6.51. The van der Waals surface area contributed by atoms with Crippen molar-refractivity contribution in [2.75, 3.05) is 44.4 Å². The van der Waals surface area contributed by atoms with Crippen LogP contribution in [0.4, 0.5) is 17.5 Å². The standard InChI is InChI=1S/C13H21N7/c1-10-7-12(18-17-10)16-11-8-13(15-9-14-11)20(4)6-5-19(2)3/h7-9H,5-6H2,1-4H3,(H2,14,15,16,17,18). The molecule has 0 spiro atoms. The minimum absolute atomic E-state index is 0.734. The van der Waals surface area contributed by atoms with Crippen LogP contribution in [0.1, 0.15) is 5.69 Å². The molecule has 0 aliphatic carbocycles. The van der Waals surface area contributed by atoms with E-state index >= 15 is 0 Å². The van der Waals surface area contributed by atoms with Gasteiger partial charge in [0.2, 0.25) is 0 Å². The summed E-state index contributed by atoms with van der Waals surface area (Å²) >= 11 is 0. The molecule has 0 atom stereocenters. The van der Waals surface area contributed by atoms with Gasteiger partial charge in [-0.05, 0) is 21.0 Å². The molecule has 20 heavy (non-hydrogen) atoms. The number of aryl methyl sites for hydroxylation is 1. The fourth-order valence-corrected chi connectivity index (χ4v) is 1.70. The lowest BCUT2D eigenvalue weighted by atomic mass is 10.4. The van der Waals surface area contributed by atoms with E-state index in [4.69, 9.17) is 0 Å². The van der Waals surface area contributed by atoms with Gasteiger partial charge in [0.25, 0.3) is 0 Å². The maximum absolute atomic E-state index is 4.29. The lowest BCUT2D eigenvalue weighted by Gasteiger charge is -2.20. The number of aromatic nitrogens is 4. The number of anilines is 3. The third-order valence-corrected chi connectivity index (χ3v) is 2.89. The summed E-state index contributed by atoms with van der Waals surface area (Å²) < 4.78 is 0. The average Bonchev–Trinajstić information content (AvgIpc) is 2.81. The van der Waals surface area contributed by atoms with Gasteiger partial charge in [0.15, 0.2) is 5.82 Å². The molecule has 0 radical (unpaired) electrons. The van der Waals surface area contributed by atoms with Gasteiger partial charge < -0.3 is 15.1 Å². The van der Waals surface area contributed by atoms with Gasteiger partial charge in [-0.1, -0.05) is 0 Å². The van der Waals surface area contributed by atoms with Gasteiger partial charge in [-0.2, -0.15) is 5.10 Å². The van der Waals surface area contributed by atoms with Gasteiger partial charge in [0, 0.05) is 38.0 Å². The van der Waals surface area contributed by atoms with Crippen LogP contribution in [0.5, 0.6) is 0 Å².